The van der Waals surface area contributed by atoms with E-state index in [0.717, 1.165) is 6.42 Å². The third-order valence-corrected chi connectivity index (χ3v) is 3.87. The van der Waals surface area contributed by atoms with E-state index in [9.17, 15) is 13.6 Å². The van der Waals surface area contributed by atoms with Gasteiger partial charge in [-0.2, -0.15) is 8.78 Å². The summed E-state index contributed by atoms with van der Waals surface area (Å²) in [5, 5.41) is 2.95. The molecule has 0 spiro atoms. The number of nitrogens with one attached hydrogen (secondary N) is 1. The van der Waals surface area contributed by atoms with Crippen molar-refractivity contribution in [3.8, 4) is 5.75 Å². The van der Waals surface area contributed by atoms with E-state index >= 15 is 0 Å². The third kappa shape index (κ3) is 3.79. The Balaban J connectivity index is 1.65. The molecule has 1 atom stereocenters. The Morgan fingerprint density at radius 2 is 2.12 bits per heavy atom. The first-order valence-electron chi connectivity index (χ1n) is 7.63. The molecule has 7 heteroatoms. The first-order valence-corrected chi connectivity index (χ1v) is 7.63. The van der Waals surface area contributed by atoms with Gasteiger partial charge >= 0.3 is 6.61 Å². The monoisotopic (exact) mass is 333 g/mol. The van der Waals surface area contributed by atoms with Gasteiger partial charge in [0.1, 0.15) is 5.75 Å². The van der Waals surface area contributed by atoms with E-state index in [0.29, 0.717) is 24.3 Å². The van der Waals surface area contributed by atoms with Crippen LogP contribution in [-0.4, -0.2) is 36.6 Å². The molecule has 2 aromatic rings. The van der Waals surface area contributed by atoms with Crippen LogP contribution in [0.1, 0.15) is 16.8 Å². The van der Waals surface area contributed by atoms with Gasteiger partial charge in [0.25, 0.3) is 5.91 Å². The Bertz CT molecular complexity index is 697. The van der Waals surface area contributed by atoms with Gasteiger partial charge in [0.05, 0.1) is 11.3 Å². The fraction of sp³-hybridized carbons (Fsp3) is 0.294. The molecule has 0 unspecified atom stereocenters. The summed E-state index contributed by atoms with van der Waals surface area (Å²) in [7, 11) is 0. The predicted octanol–water partition coefficient (Wildman–Crippen LogP) is 2.69. The highest BCUT2D eigenvalue weighted by atomic mass is 19.3. The SMILES string of the molecule is O=C(N[C@H]1CCN(c2ccccc2OC(F)F)C1)c1cccnc1. The van der Waals surface area contributed by atoms with Gasteiger partial charge in [0, 0.05) is 31.5 Å². The molecule has 5 nitrogen and oxygen atoms in total. The van der Waals surface area contributed by atoms with E-state index in [-0.39, 0.29) is 17.7 Å². The zero-order valence-electron chi connectivity index (χ0n) is 12.9. The van der Waals surface area contributed by atoms with E-state index in [1.165, 1.54) is 12.3 Å². The number of ether oxygens (including phenoxy) is 1. The number of para-hydroxylation sites is 2. The van der Waals surface area contributed by atoms with Crippen LogP contribution in [0, 0.1) is 0 Å². The van der Waals surface area contributed by atoms with E-state index < -0.39 is 6.61 Å². The highest BCUT2D eigenvalue weighted by Crippen LogP contribution is 2.31. The molecular weight excluding hydrogens is 316 g/mol. The van der Waals surface area contributed by atoms with Crippen LogP contribution in [0.3, 0.4) is 0 Å². The minimum atomic E-state index is -2.87. The fourth-order valence-electron chi connectivity index (χ4n) is 2.78. The lowest BCUT2D eigenvalue weighted by Gasteiger charge is -2.22. The molecule has 0 radical (unpaired) electrons. The number of aromatic nitrogens is 1. The Kier molecular flexibility index (Phi) is 4.88. The summed E-state index contributed by atoms with van der Waals surface area (Å²) in [6.45, 7) is -1.67. The quantitative estimate of drug-likeness (QED) is 0.914. The van der Waals surface area contributed by atoms with Crippen molar-refractivity contribution in [3.05, 3.63) is 54.4 Å². The number of nitrogens with zero attached hydrogens (tertiary/aromatic N) is 2. The number of rotatable bonds is 5. The second-order valence-electron chi connectivity index (χ2n) is 5.49. The molecule has 0 aliphatic carbocycles. The number of anilines is 1. The van der Waals surface area contributed by atoms with Gasteiger partial charge in [-0.3, -0.25) is 9.78 Å². The summed E-state index contributed by atoms with van der Waals surface area (Å²) in [5.41, 5.74) is 1.10. The Labute approximate surface area is 138 Å². The lowest BCUT2D eigenvalue weighted by atomic mass is 10.2. The van der Waals surface area contributed by atoms with Crippen molar-refractivity contribution >= 4 is 11.6 Å². The minimum absolute atomic E-state index is 0.0580. The molecule has 24 heavy (non-hydrogen) atoms. The topological polar surface area (TPSA) is 54.5 Å². The summed E-state index contributed by atoms with van der Waals surface area (Å²) in [6, 6.07) is 10.0. The maximum atomic E-state index is 12.5. The second kappa shape index (κ2) is 7.25. The molecule has 1 N–H and O–H groups in total. The highest BCUT2D eigenvalue weighted by Gasteiger charge is 2.26. The van der Waals surface area contributed by atoms with Crippen LogP contribution in [0.5, 0.6) is 5.75 Å². The summed E-state index contributed by atoms with van der Waals surface area (Å²) in [4.78, 5) is 18.0. The fourth-order valence-corrected chi connectivity index (χ4v) is 2.78. The van der Waals surface area contributed by atoms with Gasteiger partial charge in [0.15, 0.2) is 0 Å². The van der Waals surface area contributed by atoms with Gasteiger partial charge < -0.3 is 15.0 Å². The van der Waals surface area contributed by atoms with Crippen LogP contribution in [0.2, 0.25) is 0 Å². The molecule has 2 heterocycles. The first-order chi connectivity index (χ1) is 11.6. The van der Waals surface area contributed by atoms with Crippen molar-refractivity contribution in [2.45, 2.75) is 19.1 Å². The summed E-state index contributed by atoms with van der Waals surface area (Å²) in [5.74, 6) is -0.0428. The van der Waals surface area contributed by atoms with E-state index in [2.05, 4.69) is 15.0 Å². The molecule has 1 aromatic heterocycles. The highest BCUT2D eigenvalue weighted by molar-refractivity contribution is 5.94. The van der Waals surface area contributed by atoms with Crippen molar-refractivity contribution in [2.75, 3.05) is 18.0 Å². The van der Waals surface area contributed by atoms with Crippen LogP contribution in [0.4, 0.5) is 14.5 Å². The largest absolute Gasteiger partial charge is 0.433 e. The molecule has 1 aliphatic rings. The smallest absolute Gasteiger partial charge is 0.387 e. The average molecular weight is 333 g/mol. The zero-order valence-corrected chi connectivity index (χ0v) is 12.9. The number of amides is 1. The van der Waals surface area contributed by atoms with Crippen LogP contribution in [0.15, 0.2) is 48.8 Å². The minimum Gasteiger partial charge on any atom is -0.433 e. The number of alkyl halides is 2. The van der Waals surface area contributed by atoms with Crippen molar-refractivity contribution in [3.63, 3.8) is 0 Å². The molecule has 1 aromatic carbocycles. The first kappa shape index (κ1) is 16.2. The van der Waals surface area contributed by atoms with Gasteiger partial charge in [0.2, 0.25) is 0 Å². The standard InChI is InChI=1S/C17H17F2N3O2/c18-17(19)24-15-6-2-1-5-14(15)22-9-7-13(11-22)21-16(23)12-4-3-8-20-10-12/h1-6,8,10,13,17H,7,9,11H2,(H,21,23)/t13-/m0/s1. The molecule has 1 amide bonds. The van der Waals surface area contributed by atoms with Crippen molar-refractivity contribution < 1.29 is 18.3 Å². The summed E-state index contributed by atoms with van der Waals surface area (Å²) >= 11 is 0. The summed E-state index contributed by atoms with van der Waals surface area (Å²) < 4.78 is 29.6. The van der Waals surface area contributed by atoms with Crippen LogP contribution in [-0.2, 0) is 0 Å². The molecule has 1 aliphatic heterocycles. The molecule has 1 saturated heterocycles. The van der Waals surface area contributed by atoms with Crippen molar-refractivity contribution in [1.82, 2.24) is 10.3 Å². The van der Waals surface area contributed by atoms with Crippen molar-refractivity contribution in [1.29, 1.82) is 0 Å². The second-order valence-corrected chi connectivity index (χ2v) is 5.49. The Hall–Kier alpha value is -2.70. The lowest BCUT2D eigenvalue weighted by Crippen LogP contribution is -2.37. The van der Waals surface area contributed by atoms with Crippen LogP contribution in [0.25, 0.3) is 0 Å². The Morgan fingerprint density at radius 1 is 1.29 bits per heavy atom. The molecule has 1 fully saturated rings. The molecular formula is C17H17F2N3O2. The molecule has 3 rings (SSSR count). The zero-order chi connectivity index (χ0) is 16.9. The summed E-state index contributed by atoms with van der Waals surface area (Å²) in [6.07, 6.45) is 3.84. The molecule has 126 valence electrons. The molecule has 0 saturated carbocycles. The maximum Gasteiger partial charge on any atom is 0.387 e. The van der Waals surface area contributed by atoms with E-state index in [1.54, 1.807) is 36.5 Å². The number of carbonyl (C=O) groups excluding carboxylic acids is 1. The number of benzene rings is 1. The predicted molar refractivity (Wildman–Crippen MR) is 85.4 cm³/mol. The van der Waals surface area contributed by atoms with Gasteiger partial charge in [-0.05, 0) is 30.7 Å². The third-order valence-electron chi connectivity index (χ3n) is 3.87. The Morgan fingerprint density at radius 3 is 2.88 bits per heavy atom. The van der Waals surface area contributed by atoms with Crippen molar-refractivity contribution in [2.24, 2.45) is 0 Å². The van der Waals surface area contributed by atoms with Crippen LogP contribution < -0.4 is 15.0 Å². The number of hydrogen-bond acceptors (Lipinski definition) is 4. The van der Waals surface area contributed by atoms with Gasteiger partial charge in [-0.15, -0.1) is 0 Å². The number of pyridine rings is 1. The number of hydrogen-bond donors (Lipinski definition) is 1. The van der Waals surface area contributed by atoms with E-state index in [1.807, 2.05) is 4.90 Å². The maximum absolute atomic E-state index is 12.5. The van der Waals surface area contributed by atoms with Gasteiger partial charge in [-0.1, -0.05) is 12.1 Å². The van der Waals surface area contributed by atoms with E-state index in [4.69, 9.17) is 0 Å². The number of carbonyl (C=O) groups is 1. The van der Waals surface area contributed by atoms with Gasteiger partial charge in [-0.25, -0.2) is 0 Å². The molecule has 0 bridgehead atoms. The lowest BCUT2D eigenvalue weighted by molar-refractivity contribution is -0.0495. The average Bonchev–Trinajstić information content (AvgIpc) is 3.04. The van der Waals surface area contributed by atoms with Crippen LogP contribution >= 0.6 is 0 Å². The number of halogens is 2. The normalized spacial score (nSPS) is 17.1.